The number of nitrogens with zero attached hydrogens (tertiary/aromatic N) is 4. The fourth-order valence-electron chi connectivity index (χ4n) is 5.04. The number of hydrogen-bond donors (Lipinski definition) is 4. The maximum atomic E-state index is 13.4. The first-order chi connectivity index (χ1) is 21.3. The monoisotopic (exact) mass is 598 g/mol. The zero-order valence-electron chi connectivity index (χ0n) is 24.5. The Hall–Kier alpha value is -4.90. The number of aliphatic carboxylic acids is 1. The highest BCUT2D eigenvalue weighted by Gasteiger charge is 2.25. The fourth-order valence-corrected chi connectivity index (χ4v) is 5.04. The van der Waals surface area contributed by atoms with E-state index in [1.807, 2.05) is 17.0 Å². The molecule has 1 saturated heterocycles. The smallest absolute Gasteiger partial charge is 0.320 e. The molecule has 1 unspecified atom stereocenters. The largest absolute Gasteiger partial charge is 0.506 e. The van der Waals surface area contributed by atoms with Gasteiger partial charge in [-0.2, -0.15) is 0 Å². The van der Waals surface area contributed by atoms with Crippen molar-refractivity contribution in [1.29, 1.82) is 0 Å². The molecule has 1 aromatic heterocycles. The molecule has 2 amide bonds. The number of carbonyl (C=O) groups is 3. The van der Waals surface area contributed by atoms with Gasteiger partial charge < -0.3 is 26.2 Å². The summed E-state index contributed by atoms with van der Waals surface area (Å²) >= 11 is 0. The molecule has 3 aromatic rings. The van der Waals surface area contributed by atoms with Crippen LogP contribution < -0.4 is 11.1 Å². The van der Waals surface area contributed by atoms with Crippen LogP contribution in [0.1, 0.15) is 53.6 Å². The molecule has 230 valence electrons. The molecule has 11 heteroatoms. The maximum absolute atomic E-state index is 13.4. The van der Waals surface area contributed by atoms with E-state index in [1.54, 1.807) is 48.8 Å². The maximum Gasteiger partial charge on any atom is 0.320 e. The second-order valence-electron chi connectivity index (χ2n) is 10.8. The van der Waals surface area contributed by atoms with Crippen molar-refractivity contribution in [2.75, 3.05) is 19.6 Å². The van der Waals surface area contributed by atoms with Gasteiger partial charge in [0.2, 0.25) is 5.91 Å². The molecule has 0 bridgehead atoms. The molecule has 44 heavy (non-hydrogen) atoms. The lowest BCUT2D eigenvalue weighted by molar-refractivity contribution is -0.138. The number of unbranched alkanes of at least 4 members (excludes halogenated alkanes) is 1. The first-order valence-corrected chi connectivity index (χ1v) is 14.8. The zero-order valence-corrected chi connectivity index (χ0v) is 24.5. The third-order valence-corrected chi connectivity index (χ3v) is 7.56. The molecule has 0 saturated carbocycles. The number of rotatable bonds is 13. The van der Waals surface area contributed by atoms with Gasteiger partial charge in [-0.05, 0) is 79.1 Å². The number of carboxylic acid groups (broad SMARTS) is 1. The van der Waals surface area contributed by atoms with Crippen LogP contribution >= 0.6 is 0 Å². The Bertz CT molecular complexity index is 1480. The van der Waals surface area contributed by atoms with Gasteiger partial charge in [0.1, 0.15) is 17.5 Å². The van der Waals surface area contributed by atoms with Crippen LogP contribution in [0.3, 0.4) is 0 Å². The minimum atomic E-state index is -1.12. The van der Waals surface area contributed by atoms with E-state index in [-0.39, 0.29) is 29.7 Å². The number of piperidine rings is 1. The fraction of sp³-hybridized carbons (Fsp3) is 0.333. The molecule has 2 heterocycles. The van der Waals surface area contributed by atoms with Gasteiger partial charge in [0, 0.05) is 38.1 Å². The highest BCUT2D eigenvalue weighted by atomic mass is 16.4. The zero-order chi connectivity index (χ0) is 31.3. The van der Waals surface area contributed by atoms with Gasteiger partial charge in [0.05, 0.1) is 11.3 Å². The molecule has 0 spiro atoms. The Morgan fingerprint density at radius 3 is 2.57 bits per heavy atom. The quantitative estimate of drug-likeness (QED) is 0.122. The SMILES string of the molecule is NC(Cc1ccc(O)c(N=Nc2ccccc2C(=O)N2CCC(CCCCNC(=O)/C=C/c3cccnc3)CC2)c1)C(=O)O. The number of phenols is 1. The van der Waals surface area contributed by atoms with Crippen molar-refractivity contribution in [2.24, 2.45) is 21.9 Å². The van der Waals surface area contributed by atoms with Gasteiger partial charge in [-0.3, -0.25) is 19.4 Å². The lowest BCUT2D eigenvalue weighted by Crippen LogP contribution is -2.38. The van der Waals surface area contributed by atoms with Gasteiger partial charge in [0.15, 0.2) is 0 Å². The lowest BCUT2D eigenvalue weighted by Gasteiger charge is -2.32. The van der Waals surface area contributed by atoms with Crippen LogP contribution in [0, 0.1) is 5.92 Å². The predicted octanol–water partition coefficient (Wildman–Crippen LogP) is 5.01. The van der Waals surface area contributed by atoms with Crippen molar-refractivity contribution < 1.29 is 24.6 Å². The number of hydrogen-bond acceptors (Lipinski definition) is 8. The van der Waals surface area contributed by atoms with E-state index >= 15 is 0 Å². The average Bonchev–Trinajstić information content (AvgIpc) is 3.04. The Morgan fingerprint density at radius 1 is 1.05 bits per heavy atom. The van der Waals surface area contributed by atoms with E-state index in [9.17, 15) is 19.5 Å². The summed E-state index contributed by atoms with van der Waals surface area (Å²) in [5.41, 5.74) is 8.06. The first-order valence-electron chi connectivity index (χ1n) is 14.8. The number of likely N-dealkylation sites (tertiary alicyclic amines) is 1. The normalized spacial score (nSPS) is 14.6. The number of pyridine rings is 1. The molecule has 4 rings (SSSR count). The van der Waals surface area contributed by atoms with E-state index in [4.69, 9.17) is 10.8 Å². The second-order valence-corrected chi connectivity index (χ2v) is 10.8. The number of benzene rings is 2. The minimum absolute atomic E-state index is 0.0742. The van der Waals surface area contributed by atoms with Crippen LogP contribution in [0.15, 0.2) is 83.3 Å². The average molecular weight is 599 g/mol. The van der Waals surface area contributed by atoms with Crippen molar-refractivity contribution in [3.05, 3.63) is 89.8 Å². The van der Waals surface area contributed by atoms with E-state index in [1.165, 1.54) is 18.2 Å². The van der Waals surface area contributed by atoms with Gasteiger partial charge >= 0.3 is 5.97 Å². The number of nitrogens with two attached hydrogens (primary N) is 1. The number of phenolic OH excluding ortho intramolecular Hbond substituents is 1. The summed E-state index contributed by atoms with van der Waals surface area (Å²) in [7, 11) is 0. The van der Waals surface area contributed by atoms with Crippen LogP contribution in [-0.4, -0.2) is 63.6 Å². The van der Waals surface area contributed by atoms with Gasteiger partial charge in [-0.15, -0.1) is 10.2 Å². The van der Waals surface area contributed by atoms with Gasteiger partial charge in [-0.25, -0.2) is 0 Å². The summed E-state index contributed by atoms with van der Waals surface area (Å²) in [4.78, 5) is 42.4. The molecular weight excluding hydrogens is 560 g/mol. The van der Waals surface area contributed by atoms with E-state index in [2.05, 4.69) is 20.5 Å². The second kappa shape index (κ2) is 16.1. The molecule has 5 N–H and O–H groups in total. The van der Waals surface area contributed by atoms with E-state index in [0.29, 0.717) is 42.4 Å². The van der Waals surface area contributed by atoms with Crippen molar-refractivity contribution in [1.82, 2.24) is 15.2 Å². The number of carboxylic acids is 1. The Balaban J connectivity index is 1.23. The van der Waals surface area contributed by atoms with E-state index < -0.39 is 12.0 Å². The lowest BCUT2D eigenvalue weighted by atomic mass is 9.91. The summed E-state index contributed by atoms with van der Waals surface area (Å²) in [5.74, 6) is -0.951. The summed E-state index contributed by atoms with van der Waals surface area (Å²) in [5, 5.41) is 30.6. The molecule has 1 aliphatic heterocycles. The highest BCUT2D eigenvalue weighted by Crippen LogP contribution is 2.31. The minimum Gasteiger partial charge on any atom is -0.506 e. The van der Waals surface area contributed by atoms with Crippen molar-refractivity contribution >= 4 is 35.2 Å². The molecule has 1 aliphatic rings. The number of carbonyl (C=O) groups excluding carboxylic acids is 2. The number of azo groups is 1. The van der Waals surface area contributed by atoms with Crippen molar-refractivity contribution in [3.8, 4) is 5.75 Å². The predicted molar refractivity (Wildman–Crippen MR) is 167 cm³/mol. The number of amides is 2. The molecule has 0 aliphatic carbocycles. The number of aromatic nitrogens is 1. The molecule has 1 fully saturated rings. The molecule has 11 nitrogen and oxygen atoms in total. The van der Waals surface area contributed by atoms with Crippen LogP contribution in [0.5, 0.6) is 5.75 Å². The highest BCUT2D eigenvalue weighted by molar-refractivity contribution is 5.99. The molecule has 2 aromatic carbocycles. The summed E-state index contributed by atoms with van der Waals surface area (Å²) < 4.78 is 0. The molecule has 0 radical (unpaired) electrons. The third-order valence-electron chi connectivity index (χ3n) is 7.56. The topological polar surface area (TPSA) is 171 Å². The van der Waals surface area contributed by atoms with Gasteiger partial charge in [-0.1, -0.05) is 37.1 Å². The van der Waals surface area contributed by atoms with Crippen molar-refractivity contribution in [2.45, 2.75) is 44.6 Å². The van der Waals surface area contributed by atoms with Crippen LogP contribution in [0.4, 0.5) is 11.4 Å². The Morgan fingerprint density at radius 2 is 1.82 bits per heavy atom. The van der Waals surface area contributed by atoms with Crippen LogP contribution in [0.25, 0.3) is 6.08 Å². The summed E-state index contributed by atoms with van der Waals surface area (Å²) in [6.07, 6.45) is 11.5. The number of aromatic hydroxyl groups is 1. The third kappa shape index (κ3) is 9.56. The standard InChI is InChI=1S/C33H38N6O5/c34-27(33(43)44)20-25-10-12-30(40)29(21-25)38-37-28-9-2-1-8-26(28)32(42)39-18-14-23(15-19-39)6-3-4-17-36-31(41)13-11-24-7-5-16-35-22-24/h1-2,5,7-13,16,21-23,27,40H,3-4,6,14-15,17-20,34H2,(H,36,41)(H,43,44)/b13-11+,38-37?. The molecular formula is C33H38N6O5. The number of nitrogens with one attached hydrogen (secondary N) is 1. The summed E-state index contributed by atoms with van der Waals surface area (Å²) in [6, 6.07) is 14.1. The van der Waals surface area contributed by atoms with Crippen molar-refractivity contribution in [3.63, 3.8) is 0 Å². The summed E-state index contributed by atoms with van der Waals surface area (Å²) in [6.45, 7) is 1.92. The first kappa shape index (κ1) is 32.0. The van der Waals surface area contributed by atoms with E-state index in [0.717, 1.165) is 37.7 Å². The Kier molecular flexibility index (Phi) is 11.7. The van der Waals surface area contributed by atoms with Crippen LogP contribution in [0.2, 0.25) is 0 Å². The van der Waals surface area contributed by atoms with Gasteiger partial charge in [0.25, 0.3) is 5.91 Å². The van der Waals surface area contributed by atoms with Crippen LogP contribution in [-0.2, 0) is 16.0 Å². The molecule has 1 atom stereocenters. The Labute approximate surface area is 256 Å².